The second-order valence-electron chi connectivity index (χ2n) is 5.66. The zero-order valence-corrected chi connectivity index (χ0v) is 15.8. The summed E-state index contributed by atoms with van der Waals surface area (Å²) in [6, 6.07) is 5.52. The Balaban J connectivity index is 2.36. The Morgan fingerprint density at radius 1 is 1.46 bits per heavy atom. The van der Waals surface area contributed by atoms with Gasteiger partial charge in [0.05, 0.1) is 7.11 Å². The molecule has 6 nitrogen and oxygen atoms in total. The molecule has 1 aromatic carbocycles. The van der Waals surface area contributed by atoms with Crippen LogP contribution in [0.2, 0.25) is 0 Å². The molecule has 2 unspecified atom stereocenters. The number of carbonyl (C=O) groups excluding carboxylic acids is 1. The van der Waals surface area contributed by atoms with Crippen LogP contribution in [0.5, 0.6) is 5.75 Å². The van der Waals surface area contributed by atoms with Crippen LogP contribution in [-0.2, 0) is 19.1 Å². The van der Waals surface area contributed by atoms with E-state index >= 15 is 0 Å². The second kappa shape index (κ2) is 8.48. The maximum Gasteiger partial charge on any atom is 0.347 e. The summed E-state index contributed by atoms with van der Waals surface area (Å²) in [6.45, 7) is 6.63. The van der Waals surface area contributed by atoms with Crippen molar-refractivity contribution in [2.45, 2.75) is 33.0 Å². The van der Waals surface area contributed by atoms with Gasteiger partial charge in [-0.25, -0.2) is 4.79 Å². The van der Waals surface area contributed by atoms with Crippen molar-refractivity contribution in [3.05, 3.63) is 28.2 Å². The number of hydrogen-bond acceptors (Lipinski definition) is 6. The van der Waals surface area contributed by atoms with E-state index in [1.807, 2.05) is 32.9 Å². The number of nitrogens with zero attached hydrogens (tertiary/aromatic N) is 1. The van der Waals surface area contributed by atoms with E-state index in [4.69, 9.17) is 19.0 Å². The van der Waals surface area contributed by atoms with Crippen LogP contribution >= 0.6 is 15.9 Å². The molecular weight excluding hydrogens is 378 g/mol. The third-order valence-corrected chi connectivity index (χ3v) is 4.07. The lowest BCUT2D eigenvalue weighted by molar-refractivity contribution is -0.150. The molecule has 2 atom stereocenters. The second-order valence-corrected chi connectivity index (χ2v) is 6.58. The molecule has 0 fully saturated rings. The lowest BCUT2D eigenvalue weighted by Gasteiger charge is -2.22. The molecule has 1 aromatic rings. The van der Waals surface area contributed by atoms with Gasteiger partial charge in [0.15, 0.2) is 6.10 Å². The lowest BCUT2D eigenvalue weighted by Crippen LogP contribution is -2.34. The fourth-order valence-corrected chi connectivity index (χ4v) is 2.74. The lowest BCUT2D eigenvalue weighted by atomic mass is 10.0. The molecule has 7 heteroatoms. The number of hydrogen-bond donors (Lipinski definition) is 0. The molecule has 0 radical (unpaired) electrons. The SMILES string of the molecule is CCOC1CON=C1c1cc(Br)ccc1OC(C(=O)OC)C(C)C. The Hall–Kier alpha value is -1.60. The van der Waals surface area contributed by atoms with E-state index < -0.39 is 12.1 Å². The average molecular weight is 400 g/mol. The van der Waals surface area contributed by atoms with Gasteiger partial charge in [-0.2, -0.15) is 0 Å². The van der Waals surface area contributed by atoms with Crippen LogP contribution in [0.1, 0.15) is 26.3 Å². The van der Waals surface area contributed by atoms with Gasteiger partial charge in [-0.15, -0.1) is 0 Å². The minimum Gasteiger partial charge on any atom is -0.478 e. The van der Waals surface area contributed by atoms with Crippen molar-refractivity contribution in [1.82, 2.24) is 0 Å². The van der Waals surface area contributed by atoms with Gasteiger partial charge in [-0.05, 0) is 25.1 Å². The molecule has 1 heterocycles. The van der Waals surface area contributed by atoms with E-state index in [1.54, 1.807) is 6.07 Å². The molecule has 2 rings (SSSR count). The van der Waals surface area contributed by atoms with E-state index in [1.165, 1.54) is 7.11 Å². The van der Waals surface area contributed by atoms with Crippen LogP contribution in [0.4, 0.5) is 0 Å². The van der Waals surface area contributed by atoms with Crippen molar-refractivity contribution in [1.29, 1.82) is 0 Å². The first-order chi connectivity index (χ1) is 11.5. The quantitative estimate of drug-likeness (QED) is 0.658. The molecule has 24 heavy (non-hydrogen) atoms. The summed E-state index contributed by atoms with van der Waals surface area (Å²) in [6.07, 6.45) is -0.967. The number of carbonyl (C=O) groups is 1. The van der Waals surface area contributed by atoms with Gasteiger partial charge in [-0.1, -0.05) is 34.9 Å². The summed E-state index contributed by atoms with van der Waals surface area (Å²) < 4.78 is 17.3. The summed E-state index contributed by atoms with van der Waals surface area (Å²) in [7, 11) is 1.35. The van der Waals surface area contributed by atoms with E-state index in [0.29, 0.717) is 24.7 Å². The summed E-state index contributed by atoms with van der Waals surface area (Å²) in [5, 5.41) is 4.10. The highest BCUT2D eigenvalue weighted by molar-refractivity contribution is 9.10. The number of methoxy groups -OCH3 is 1. The average Bonchev–Trinajstić information content (AvgIpc) is 3.01. The fourth-order valence-electron chi connectivity index (χ4n) is 2.38. The highest BCUT2D eigenvalue weighted by Crippen LogP contribution is 2.29. The van der Waals surface area contributed by atoms with Crippen molar-refractivity contribution in [2.75, 3.05) is 20.3 Å². The van der Waals surface area contributed by atoms with Crippen molar-refractivity contribution < 1.29 is 23.8 Å². The molecule has 0 amide bonds. The Morgan fingerprint density at radius 3 is 2.83 bits per heavy atom. The predicted octanol–water partition coefficient (Wildman–Crippen LogP) is 3.16. The van der Waals surface area contributed by atoms with Gasteiger partial charge in [0, 0.05) is 22.6 Å². The van der Waals surface area contributed by atoms with Crippen LogP contribution in [0, 0.1) is 5.92 Å². The number of halogens is 1. The first kappa shape index (κ1) is 18.7. The molecule has 0 N–H and O–H groups in total. The number of benzene rings is 1. The molecular formula is C17H22BrNO5. The first-order valence-electron chi connectivity index (χ1n) is 7.83. The maximum atomic E-state index is 12.0. The Kier molecular flexibility index (Phi) is 6.62. The summed E-state index contributed by atoms with van der Waals surface area (Å²) in [5.74, 6) is 0.0829. The van der Waals surface area contributed by atoms with E-state index in [0.717, 1.165) is 10.0 Å². The minimum absolute atomic E-state index is 0.0431. The highest BCUT2D eigenvalue weighted by Gasteiger charge is 2.31. The monoisotopic (exact) mass is 399 g/mol. The highest BCUT2D eigenvalue weighted by atomic mass is 79.9. The molecule has 0 saturated carbocycles. The third kappa shape index (κ3) is 4.27. The van der Waals surface area contributed by atoms with Gasteiger partial charge < -0.3 is 19.0 Å². The number of rotatable bonds is 7. The maximum absolute atomic E-state index is 12.0. The van der Waals surface area contributed by atoms with E-state index in [9.17, 15) is 4.79 Å². The molecule has 0 aromatic heterocycles. The fraction of sp³-hybridized carbons (Fsp3) is 0.529. The van der Waals surface area contributed by atoms with Crippen LogP contribution in [-0.4, -0.2) is 44.2 Å². The zero-order valence-electron chi connectivity index (χ0n) is 14.2. The number of esters is 1. The van der Waals surface area contributed by atoms with Crippen molar-refractivity contribution >= 4 is 27.6 Å². The summed E-state index contributed by atoms with van der Waals surface area (Å²) in [5.41, 5.74) is 1.38. The van der Waals surface area contributed by atoms with Crippen LogP contribution < -0.4 is 4.74 Å². The van der Waals surface area contributed by atoms with Crippen LogP contribution in [0.25, 0.3) is 0 Å². The minimum atomic E-state index is -0.705. The van der Waals surface area contributed by atoms with Crippen LogP contribution in [0.15, 0.2) is 27.8 Å². The number of ether oxygens (including phenoxy) is 3. The molecule has 1 aliphatic rings. The molecule has 0 spiro atoms. The van der Waals surface area contributed by atoms with Gasteiger partial charge in [0.25, 0.3) is 0 Å². The van der Waals surface area contributed by atoms with Gasteiger partial charge in [-0.3, -0.25) is 0 Å². The van der Waals surface area contributed by atoms with Gasteiger partial charge >= 0.3 is 5.97 Å². The molecule has 132 valence electrons. The van der Waals surface area contributed by atoms with Crippen molar-refractivity contribution in [3.63, 3.8) is 0 Å². The Bertz CT molecular complexity index is 617. The standard InChI is InChI=1S/C17H22BrNO5/c1-5-22-14-9-23-19-15(14)12-8-11(18)6-7-13(12)24-16(10(2)3)17(20)21-4/h6-8,10,14,16H,5,9H2,1-4H3. The van der Waals surface area contributed by atoms with E-state index in [2.05, 4.69) is 21.1 Å². The summed E-state index contributed by atoms with van der Waals surface area (Å²) in [4.78, 5) is 17.2. The van der Waals surface area contributed by atoms with E-state index in [-0.39, 0.29) is 12.0 Å². The van der Waals surface area contributed by atoms with Gasteiger partial charge in [0.2, 0.25) is 0 Å². The zero-order chi connectivity index (χ0) is 17.7. The summed E-state index contributed by atoms with van der Waals surface area (Å²) >= 11 is 3.46. The predicted molar refractivity (Wildman–Crippen MR) is 93.3 cm³/mol. The Morgan fingerprint density at radius 2 is 2.21 bits per heavy atom. The Labute approximate surface area is 150 Å². The smallest absolute Gasteiger partial charge is 0.347 e. The molecule has 1 aliphatic heterocycles. The molecule has 0 bridgehead atoms. The normalized spacial score (nSPS) is 18.1. The third-order valence-electron chi connectivity index (χ3n) is 3.57. The van der Waals surface area contributed by atoms with Gasteiger partial charge in [0.1, 0.15) is 24.2 Å². The number of oxime groups is 1. The molecule has 0 saturated heterocycles. The van der Waals surface area contributed by atoms with Crippen LogP contribution in [0.3, 0.4) is 0 Å². The molecule has 0 aliphatic carbocycles. The topological polar surface area (TPSA) is 66.3 Å². The van der Waals surface area contributed by atoms with Crippen molar-refractivity contribution in [2.24, 2.45) is 11.1 Å². The van der Waals surface area contributed by atoms with Crippen molar-refractivity contribution in [3.8, 4) is 5.75 Å². The largest absolute Gasteiger partial charge is 0.478 e. The first-order valence-corrected chi connectivity index (χ1v) is 8.63.